The fraction of sp³-hybridized carbons (Fsp3) is 0.222. The van der Waals surface area contributed by atoms with Crippen LogP contribution in [0.5, 0.6) is 0 Å². The summed E-state index contributed by atoms with van der Waals surface area (Å²) in [7, 11) is 2.09. The Morgan fingerprint density at radius 1 is 1.05 bits per heavy atom. The van der Waals surface area contributed by atoms with Crippen LogP contribution in [0, 0.1) is 0 Å². The van der Waals surface area contributed by atoms with Crippen LogP contribution in [0.4, 0.5) is 0 Å². The van der Waals surface area contributed by atoms with Crippen molar-refractivity contribution >= 4 is 10.9 Å². The molecule has 2 atom stereocenters. The number of aliphatic hydroxyl groups excluding tert-OH is 1. The van der Waals surface area contributed by atoms with Gasteiger partial charge in [0.2, 0.25) is 0 Å². The summed E-state index contributed by atoms with van der Waals surface area (Å²) < 4.78 is 2.21. The lowest BCUT2D eigenvalue weighted by atomic mass is 9.96. The number of aryl methyl sites for hydroxylation is 1. The van der Waals surface area contributed by atoms with Gasteiger partial charge in [-0.05, 0) is 35.1 Å². The summed E-state index contributed by atoms with van der Waals surface area (Å²) in [5.41, 5.74) is 4.96. The molecule has 1 N–H and O–H groups in total. The van der Waals surface area contributed by atoms with Crippen molar-refractivity contribution in [3.05, 3.63) is 71.4 Å². The minimum absolute atomic E-state index is 0.0867. The molecule has 0 fully saturated rings. The second-order valence-electron chi connectivity index (χ2n) is 5.63. The topological polar surface area (TPSA) is 25.2 Å². The van der Waals surface area contributed by atoms with Gasteiger partial charge in [-0.15, -0.1) is 0 Å². The summed E-state index contributed by atoms with van der Waals surface area (Å²) in [6.07, 6.45) is 0.429. The molecule has 0 spiro atoms. The molecule has 3 aromatic rings. The van der Waals surface area contributed by atoms with Crippen molar-refractivity contribution in [2.75, 3.05) is 0 Å². The van der Waals surface area contributed by atoms with Gasteiger partial charge >= 0.3 is 0 Å². The third-order valence-corrected chi connectivity index (χ3v) is 4.51. The zero-order valence-electron chi connectivity index (χ0n) is 11.5. The predicted molar refractivity (Wildman–Crippen MR) is 80.9 cm³/mol. The molecular formula is C18H17NO. The van der Waals surface area contributed by atoms with E-state index in [2.05, 4.69) is 66.2 Å². The van der Waals surface area contributed by atoms with Crippen LogP contribution in [0.1, 0.15) is 22.7 Å². The molecule has 0 saturated heterocycles. The van der Waals surface area contributed by atoms with Crippen LogP contribution >= 0.6 is 0 Å². The first-order valence-electron chi connectivity index (χ1n) is 7.06. The monoisotopic (exact) mass is 263 g/mol. The molecule has 2 heteroatoms. The lowest BCUT2D eigenvalue weighted by Gasteiger charge is -2.17. The third kappa shape index (κ3) is 1.55. The molecule has 0 aliphatic heterocycles. The Bertz CT molecular complexity index is 787. The van der Waals surface area contributed by atoms with Crippen molar-refractivity contribution in [3.63, 3.8) is 0 Å². The summed E-state index contributed by atoms with van der Waals surface area (Å²) in [6, 6.07) is 19.0. The van der Waals surface area contributed by atoms with Crippen LogP contribution in [0.3, 0.4) is 0 Å². The molecule has 1 heterocycles. The molecule has 0 bridgehead atoms. The second-order valence-corrected chi connectivity index (χ2v) is 5.63. The average Bonchev–Trinajstić information content (AvgIpc) is 2.96. The second kappa shape index (κ2) is 4.22. The highest BCUT2D eigenvalue weighted by atomic mass is 16.3. The fourth-order valence-electron chi connectivity index (χ4n) is 3.54. The van der Waals surface area contributed by atoms with Crippen molar-refractivity contribution in [1.29, 1.82) is 0 Å². The Morgan fingerprint density at radius 3 is 2.65 bits per heavy atom. The number of aromatic nitrogens is 1. The largest absolute Gasteiger partial charge is 0.392 e. The number of fused-ring (bicyclic) bond motifs is 2. The first-order chi connectivity index (χ1) is 9.75. The van der Waals surface area contributed by atoms with Gasteiger partial charge < -0.3 is 9.67 Å². The average molecular weight is 263 g/mol. The quantitative estimate of drug-likeness (QED) is 0.716. The first kappa shape index (κ1) is 11.7. The maximum Gasteiger partial charge on any atom is 0.0704 e. The van der Waals surface area contributed by atoms with Crippen molar-refractivity contribution in [2.24, 2.45) is 7.05 Å². The van der Waals surface area contributed by atoms with Gasteiger partial charge in [-0.3, -0.25) is 0 Å². The number of hydrogen-bond acceptors (Lipinski definition) is 1. The molecule has 0 amide bonds. The molecule has 2 aromatic carbocycles. The predicted octanol–water partition coefficient (Wildman–Crippen LogP) is 3.23. The maximum atomic E-state index is 10.5. The highest BCUT2D eigenvalue weighted by Crippen LogP contribution is 2.39. The van der Waals surface area contributed by atoms with Crippen molar-refractivity contribution in [1.82, 2.24) is 4.57 Å². The van der Waals surface area contributed by atoms with Crippen LogP contribution in [0.25, 0.3) is 10.9 Å². The third-order valence-electron chi connectivity index (χ3n) is 4.51. The lowest BCUT2D eigenvalue weighted by molar-refractivity contribution is 0.167. The van der Waals surface area contributed by atoms with Crippen LogP contribution < -0.4 is 0 Å². The Kier molecular flexibility index (Phi) is 2.48. The van der Waals surface area contributed by atoms with Gasteiger partial charge in [-0.2, -0.15) is 0 Å². The maximum absolute atomic E-state index is 10.5. The van der Waals surface area contributed by atoms with Gasteiger partial charge in [0.05, 0.1) is 12.0 Å². The Labute approximate surface area is 118 Å². The van der Waals surface area contributed by atoms with Gasteiger partial charge in [-0.25, -0.2) is 0 Å². The number of benzene rings is 2. The molecule has 0 saturated carbocycles. The summed E-state index contributed by atoms with van der Waals surface area (Å²) >= 11 is 0. The number of rotatable bonds is 1. The van der Waals surface area contributed by atoms with E-state index in [0.717, 1.165) is 6.42 Å². The number of aliphatic hydroxyl groups is 1. The van der Waals surface area contributed by atoms with E-state index in [1.807, 2.05) is 0 Å². The SMILES string of the molecule is Cn1c(C2c3ccccc3CC2O)cc2ccccc21. The highest BCUT2D eigenvalue weighted by Gasteiger charge is 2.33. The highest BCUT2D eigenvalue weighted by molar-refractivity contribution is 5.81. The summed E-state index contributed by atoms with van der Waals surface area (Å²) in [5.74, 6) is 0.0867. The van der Waals surface area contributed by atoms with Crippen LogP contribution in [0.15, 0.2) is 54.6 Å². The zero-order valence-corrected chi connectivity index (χ0v) is 11.5. The van der Waals surface area contributed by atoms with E-state index >= 15 is 0 Å². The summed E-state index contributed by atoms with van der Waals surface area (Å²) in [6.45, 7) is 0. The van der Waals surface area contributed by atoms with E-state index in [1.54, 1.807) is 0 Å². The van der Waals surface area contributed by atoms with Crippen LogP contribution in [-0.4, -0.2) is 15.8 Å². The molecule has 4 rings (SSSR count). The molecule has 1 aliphatic rings. The Morgan fingerprint density at radius 2 is 1.80 bits per heavy atom. The van der Waals surface area contributed by atoms with E-state index in [-0.39, 0.29) is 12.0 Å². The van der Waals surface area contributed by atoms with Crippen LogP contribution in [-0.2, 0) is 13.5 Å². The standard InChI is InChI=1S/C18H17NO/c1-19-15-9-5-3-7-13(15)10-16(19)18-14-8-4-2-6-12(14)11-17(18)20/h2-10,17-18,20H,11H2,1H3. The van der Waals surface area contributed by atoms with E-state index in [9.17, 15) is 5.11 Å². The minimum atomic E-state index is -0.324. The van der Waals surface area contributed by atoms with E-state index in [1.165, 1.54) is 27.7 Å². The van der Waals surface area contributed by atoms with Crippen molar-refractivity contribution in [3.8, 4) is 0 Å². The Balaban J connectivity index is 1.93. The molecule has 0 radical (unpaired) electrons. The lowest BCUT2D eigenvalue weighted by Crippen LogP contribution is -2.17. The van der Waals surface area contributed by atoms with Gasteiger partial charge in [-0.1, -0.05) is 42.5 Å². The van der Waals surface area contributed by atoms with Gasteiger partial charge in [0.25, 0.3) is 0 Å². The zero-order chi connectivity index (χ0) is 13.7. The molecule has 1 aromatic heterocycles. The minimum Gasteiger partial charge on any atom is -0.392 e. The molecular weight excluding hydrogens is 246 g/mol. The van der Waals surface area contributed by atoms with Crippen LogP contribution in [0.2, 0.25) is 0 Å². The van der Waals surface area contributed by atoms with Crippen molar-refractivity contribution < 1.29 is 5.11 Å². The smallest absolute Gasteiger partial charge is 0.0704 e. The van der Waals surface area contributed by atoms with E-state index in [0.29, 0.717) is 0 Å². The van der Waals surface area contributed by atoms with Gasteiger partial charge in [0.1, 0.15) is 0 Å². The molecule has 2 unspecified atom stereocenters. The summed E-state index contributed by atoms with van der Waals surface area (Å²) in [4.78, 5) is 0. The molecule has 2 nitrogen and oxygen atoms in total. The van der Waals surface area contributed by atoms with E-state index in [4.69, 9.17) is 0 Å². The van der Waals surface area contributed by atoms with E-state index < -0.39 is 0 Å². The van der Waals surface area contributed by atoms with Crippen molar-refractivity contribution in [2.45, 2.75) is 18.4 Å². The van der Waals surface area contributed by atoms with Gasteiger partial charge in [0.15, 0.2) is 0 Å². The number of nitrogens with zero attached hydrogens (tertiary/aromatic N) is 1. The number of para-hydroxylation sites is 1. The molecule has 100 valence electrons. The molecule has 1 aliphatic carbocycles. The number of hydrogen-bond donors (Lipinski definition) is 1. The Hall–Kier alpha value is -2.06. The summed E-state index contributed by atoms with van der Waals surface area (Å²) in [5, 5.41) is 11.7. The molecule has 20 heavy (non-hydrogen) atoms. The normalized spacial score (nSPS) is 21.3. The van der Waals surface area contributed by atoms with Gasteiger partial charge in [0, 0.05) is 18.3 Å². The first-order valence-corrected chi connectivity index (χ1v) is 7.06. The fourth-order valence-corrected chi connectivity index (χ4v) is 3.54.